The normalized spacial score (nSPS) is 14.6. The molecule has 0 unspecified atom stereocenters. The van der Waals surface area contributed by atoms with Crippen molar-refractivity contribution in [3.05, 3.63) is 96.6 Å². The highest BCUT2D eigenvalue weighted by molar-refractivity contribution is 7.39. The van der Waals surface area contributed by atoms with E-state index in [-0.39, 0.29) is 6.04 Å². The Labute approximate surface area is 194 Å². The van der Waals surface area contributed by atoms with Crippen molar-refractivity contribution < 1.29 is 8.39 Å². The van der Waals surface area contributed by atoms with Crippen LogP contribution in [-0.2, 0) is 0 Å². The quantitative estimate of drug-likeness (QED) is 0.273. The molecule has 0 saturated heterocycles. The Morgan fingerprint density at radius 3 is 1.91 bits per heavy atom. The molecule has 0 radical (unpaired) electrons. The lowest BCUT2D eigenvalue weighted by Crippen LogP contribution is -2.31. The molecule has 0 bridgehead atoms. The van der Waals surface area contributed by atoms with Gasteiger partial charge in [0.1, 0.15) is 11.2 Å². The molecule has 164 valence electrons. The van der Waals surface area contributed by atoms with E-state index in [2.05, 4.69) is 110 Å². The van der Waals surface area contributed by atoms with Crippen LogP contribution in [0, 0.1) is 0 Å². The SMILES string of the molecule is CCN([C@H](C)C1=CC=CC1)p1oc2ccc3ccccc3c2c2c(ccc3ccccc32)o1. The molecule has 4 aromatic carbocycles. The van der Waals surface area contributed by atoms with E-state index < -0.39 is 8.16 Å². The molecule has 1 heterocycles. The van der Waals surface area contributed by atoms with Gasteiger partial charge in [0.2, 0.25) is 0 Å². The van der Waals surface area contributed by atoms with Crippen molar-refractivity contribution in [3.8, 4) is 0 Å². The maximum atomic E-state index is 6.75. The minimum Gasteiger partial charge on any atom is -0.408 e. The van der Waals surface area contributed by atoms with Gasteiger partial charge < -0.3 is 8.39 Å². The van der Waals surface area contributed by atoms with Crippen LogP contribution in [0.1, 0.15) is 20.3 Å². The van der Waals surface area contributed by atoms with Crippen molar-refractivity contribution >= 4 is 51.6 Å². The van der Waals surface area contributed by atoms with Crippen molar-refractivity contribution in [3.63, 3.8) is 0 Å². The minimum absolute atomic E-state index is 0.238. The van der Waals surface area contributed by atoms with Gasteiger partial charge in [0.25, 0.3) is 0 Å². The Bertz CT molecular complexity index is 1510. The van der Waals surface area contributed by atoms with Gasteiger partial charge in [-0.3, -0.25) is 0 Å². The molecule has 0 aliphatic heterocycles. The molecule has 0 spiro atoms. The molecular formula is C29H26NO2P. The fourth-order valence-corrected chi connectivity index (χ4v) is 6.51. The van der Waals surface area contributed by atoms with Crippen LogP contribution < -0.4 is 4.67 Å². The van der Waals surface area contributed by atoms with Crippen molar-refractivity contribution in [2.24, 2.45) is 0 Å². The molecule has 0 saturated carbocycles. The highest BCUT2D eigenvalue weighted by atomic mass is 31.1. The van der Waals surface area contributed by atoms with E-state index in [1.807, 2.05) is 0 Å². The van der Waals surface area contributed by atoms with Crippen LogP contribution >= 0.6 is 8.16 Å². The molecule has 6 rings (SSSR count). The standard InChI is InChI=1S/C29H26NO2P/c1-3-30(20(2)21-10-4-5-11-21)33-31-26-18-16-22-12-6-8-14-24(22)28(26)29-25-15-9-7-13-23(25)17-19-27(29)32-33/h4-10,12-20H,3,11H2,1-2H3/t20-/m1/s1. The molecule has 1 aromatic heterocycles. The van der Waals surface area contributed by atoms with E-state index >= 15 is 0 Å². The molecule has 5 aromatic rings. The number of benzene rings is 4. The van der Waals surface area contributed by atoms with Gasteiger partial charge in [-0.05, 0) is 52.6 Å². The van der Waals surface area contributed by atoms with Gasteiger partial charge in [-0.25, -0.2) is 0 Å². The predicted octanol–water partition coefficient (Wildman–Crippen LogP) is 8.83. The fraction of sp³-hybridized carbons (Fsp3) is 0.172. The molecule has 1 aliphatic rings. The molecule has 0 fully saturated rings. The summed E-state index contributed by atoms with van der Waals surface area (Å²) in [6.45, 7) is 5.28. The van der Waals surface area contributed by atoms with Crippen LogP contribution in [0.5, 0.6) is 0 Å². The first kappa shape index (κ1) is 20.4. The predicted molar refractivity (Wildman–Crippen MR) is 141 cm³/mol. The van der Waals surface area contributed by atoms with Crippen LogP contribution in [0.4, 0.5) is 0 Å². The number of nitrogens with zero attached hydrogens (tertiary/aromatic N) is 1. The first-order chi connectivity index (χ1) is 16.2. The van der Waals surface area contributed by atoms with Gasteiger partial charge >= 0.3 is 8.16 Å². The molecular weight excluding hydrogens is 425 g/mol. The van der Waals surface area contributed by atoms with Gasteiger partial charge in [-0.15, -0.1) is 0 Å². The number of allylic oxidation sites excluding steroid dienone is 3. The third-order valence-corrected chi connectivity index (χ3v) is 8.46. The maximum Gasteiger partial charge on any atom is 0.310 e. The van der Waals surface area contributed by atoms with Crippen molar-refractivity contribution in [1.29, 1.82) is 0 Å². The van der Waals surface area contributed by atoms with Crippen LogP contribution in [0.3, 0.4) is 0 Å². The number of rotatable bonds is 4. The van der Waals surface area contributed by atoms with Crippen LogP contribution in [0.15, 0.2) is 105 Å². The summed E-state index contributed by atoms with van der Waals surface area (Å²) in [6.07, 6.45) is 7.57. The second kappa shape index (κ2) is 8.26. The summed E-state index contributed by atoms with van der Waals surface area (Å²) in [5.41, 5.74) is 3.17. The average molecular weight is 452 g/mol. The van der Waals surface area contributed by atoms with Crippen molar-refractivity contribution in [2.45, 2.75) is 26.3 Å². The average Bonchev–Trinajstić information content (AvgIpc) is 3.34. The number of likely N-dealkylation sites (N-methyl/N-ethyl adjacent to an activating group) is 1. The summed E-state index contributed by atoms with van der Waals surface area (Å²) in [4.78, 5) is 0. The lowest BCUT2D eigenvalue weighted by atomic mass is 9.99. The molecule has 0 amide bonds. The lowest BCUT2D eigenvalue weighted by molar-refractivity contribution is 0.607. The topological polar surface area (TPSA) is 29.5 Å². The first-order valence-electron chi connectivity index (χ1n) is 11.6. The smallest absolute Gasteiger partial charge is 0.310 e. The van der Waals surface area contributed by atoms with Crippen LogP contribution in [-0.4, -0.2) is 12.6 Å². The van der Waals surface area contributed by atoms with Gasteiger partial charge in [-0.1, -0.05) is 85.8 Å². The Kier molecular flexibility index (Phi) is 5.10. The van der Waals surface area contributed by atoms with Gasteiger partial charge in [0.05, 0.1) is 0 Å². The Morgan fingerprint density at radius 2 is 1.39 bits per heavy atom. The minimum atomic E-state index is -1.34. The summed E-state index contributed by atoms with van der Waals surface area (Å²) in [5.74, 6) is 0. The highest BCUT2D eigenvalue weighted by Crippen LogP contribution is 2.43. The summed E-state index contributed by atoms with van der Waals surface area (Å²) in [5, 5.41) is 7.02. The van der Waals surface area contributed by atoms with Crippen LogP contribution in [0.25, 0.3) is 43.5 Å². The number of hydrogen-bond acceptors (Lipinski definition) is 3. The molecule has 0 N–H and O–H groups in total. The summed E-state index contributed by atoms with van der Waals surface area (Å²) in [6, 6.07) is 25.8. The second-order valence-corrected chi connectivity index (χ2v) is 9.90. The highest BCUT2D eigenvalue weighted by Gasteiger charge is 2.23. The first-order valence-corrected chi connectivity index (χ1v) is 12.7. The van der Waals surface area contributed by atoms with Gasteiger partial charge in [-0.2, -0.15) is 4.67 Å². The summed E-state index contributed by atoms with van der Waals surface area (Å²) < 4.78 is 15.9. The Morgan fingerprint density at radius 1 is 0.818 bits per heavy atom. The molecule has 1 aliphatic carbocycles. The third kappa shape index (κ3) is 3.40. The van der Waals surface area contributed by atoms with Crippen molar-refractivity contribution in [1.82, 2.24) is 0 Å². The zero-order valence-electron chi connectivity index (χ0n) is 18.9. The Balaban J connectivity index is 1.75. The van der Waals surface area contributed by atoms with E-state index in [0.29, 0.717) is 0 Å². The number of hydrogen-bond donors (Lipinski definition) is 0. The molecule has 33 heavy (non-hydrogen) atoms. The van der Waals surface area contributed by atoms with Gasteiger partial charge in [0, 0.05) is 23.4 Å². The molecule has 3 nitrogen and oxygen atoms in total. The second-order valence-electron chi connectivity index (χ2n) is 8.55. The van der Waals surface area contributed by atoms with E-state index in [1.54, 1.807) is 0 Å². The lowest BCUT2D eigenvalue weighted by Gasteiger charge is -2.25. The van der Waals surface area contributed by atoms with E-state index in [9.17, 15) is 0 Å². The summed E-state index contributed by atoms with van der Waals surface area (Å²) in [7, 11) is -1.34. The zero-order chi connectivity index (χ0) is 22.4. The summed E-state index contributed by atoms with van der Waals surface area (Å²) >= 11 is 0. The third-order valence-electron chi connectivity index (χ3n) is 6.70. The van der Waals surface area contributed by atoms with Crippen LogP contribution in [0.2, 0.25) is 0 Å². The number of fused-ring (bicyclic) bond motifs is 7. The monoisotopic (exact) mass is 451 g/mol. The molecule has 1 atom stereocenters. The maximum absolute atomic E-state index is 6.75. The van der Waals surface area contributed by atoms with E-state index in [1.165, 1.54) is 27.1 Å². The van der Waals surface area contributed by atoms with Crippen molar-refractivity contribution in [2.75, 3.05) is 11.2 Å². The van der Waals surface area contributed by atoms with E-state index in [0.717, 1.165) is 34.9 Å². The van der Waals surface area contributed by atoms with E-state index in [4.69, 9.17) is 8.39 Å². The zero-order valence-corrected chi connectivity index (χ0v) is 19.8. The largest absolute Gasteiger partial charge is 0.408 e. The Hall–Kier alpha value is -3.26. The van der Waals surface area contributed by atoms with Gasteiger partial charge in [0.15, 0.2) is 0 Å². The fourth-order valence-electron chi connectivity index (χ4n) is 4.96. The molecule has 4 heteroatoms.